The number of rotatable bonds is 1. The van der Waals surface area contributed by atoms with E-state index in [0.717, 1.165) is 24.9 Å². The standard InChI is InChI=1S/C20H24N2O/c1-14-13-17-16-9-5-6-10-18(16)21-19(17)11-12-22(14)20(23)15-7-3-2-4-8-15/h2-5,7-9,14,18-19,21H,6,10-13H2,1H3. The largest absolute Gasteiger partial charge is 0.336 e. The summed E-state index contributed by atoms with van der Waals surface area (Å²) in [6.07, 6.45) is 9.02. The number of hydrogen-bond donors (Lipinski definition) is 1. The lowest BCUT2D eigenvalue weighted by molar-refractivity contribution is 0.0699. The Morgan fingerprint density at radius 3 is 2.83 bits per heavy atom. The highest BCUT2D eigenvalue weighted by molar-refractivity contribution is 5.94. The van der Waals surface area contributed by atoms with E-state index in [4.69, 9.17) is 0 Å². The Balaban J connectivity index is 1.59. The van der Waals surface area contributed by atoms with Crippen LogP contribution in [0, 0.1) is 0 Å². The topological polar surface area (TPSA) is 32.3 Å². The Kier molecular flexibility index (Phi) is 3.82. The predicted octanol–water partition coefficient (Wildman–Crippen LogP) is 3.30. The van der Waals surface area contributed by atoms with Crippen molar-refractivity contribution in [1.82, 2.24) is 10.2 Å². The summed E-state index contributed by atoms with van der Waals surface area (Å²) in [7, 11) is 0. The van der Waals surface area contributed by atoms with Gasteiger partial charge in [-0.2, -0.15) is 0 Å². The summed E-state index contributed by atoms with van der Waals surface area (Å²) < 4.78 is 0. The number of carbonyl (C=O) groups is 1. The van der Waals surface area contributed by atoms with Gasteiger partial charge in [-0.15, -0.1) is 0 Å². The molecule has 0 radical (unpaired) electrons. The van der Waals surface area contributed by atoms with Gasteiger partial charge in [0.15, 0.2) is 0 Å². The minimum atomic E-state index is 0.166. The monoisotopic (exact) mass is 308 g/mol. The molecule has 1 saturated heterocycles. The Morgan fingerprint density at radius 2 is 2.00 bits per heavy atom. The van der Waals surface area contributed by atoms with Gasteiger partial charge in [0, 0.05) is 30.2 Å². The number of nitrogens with one attached hydrogen (secondary N) is 1. The molecule has 4 rings (SSSR count). The molecule has 0 bridgehead atoms. The summed E-state index contributed by atoms with van der Waals surface area (Å²) >= 11 is 0. The van der Waals surface area contributed by atoms with Gasteiger partial charge < -0.3 is 10.2 Å². The SMILES string of the molecule is CC1CC2=C3C=CCCC3NC2CCN1C(=O)c1ccccc1. The third-order valence-electron chi connectivity index (χ3n) is 5.48. The van der Waals surface area contributed by atoms with Crippen LogP contribution in [-0.4, -0.2) is 35.5 Å². The van der Waals surface area contributed by atoms with Crippen molar-refractivity contribution in [3.8, 4) is 0 Å². The summed E-state index contributed by atoms with van der Waals surface area (Å²) in [5, 5.41) is 3.79. The smallest absolute Gasteiger partial charge is 0.254 e. The van der Waals surface area contributed by atoms with E-state index in [1.54, 1.807) is 5.57 Å². The molecule has 1 amide bonds. The van der Waals surface area contributed by atoms with Crippen molar-refractivity contribution in [2.75, 3.05) is 6.54 Å². The molecule has 0 aromatic heterocycles. The fourth-order valence-electron chi connectivity index (χ4n) is 4.28. The molecule has 3 unspecified atom stereocenters. The minimum absolute atomic E-state index is 0.166. The van der Waals surface area contributed by atoms with Gasteiger partial charge in [0.05, 0.1) is 0 Å². The number of hydrogen-bond acceptors (Lipinski definition) is 2. The summed E-state index contributed by atoms with van der Waals surface area (Å²) in [6, 6.07) is 10.9. The van der Waals surface area contributed by atoms with Crippen molar-refractivity contribution in [2.45, 2.75) is 50.7 Å². The average molecular weight is 308 g/mol. The number of fused-ring (bicyclic) bond motifs is 2. The van der Waals surface area contributed by atoms with Gasteiger partial charge in [0.25, 0.3) is 5.91 Å². The maximum Gasteiger partial charge on any atom is 0.254 e. The first-order valence-corrected chi connectivity index (χ1v) is 8.75. The molecular weight excluding hydrogens is 284 g/mol. The molecule has 2 heterocycles. The molecule has 1 aromatic rings. The number of allylic oxidation sites excluding steroid dienone is 1. The Morgan fingerprint density at radius 1 is 1.17 bits per heavy atom. The number of nitrogens with zero attached hydrogens (tertiary/aromatic N) is 1. The summed E-state index contributed by atoms with van der Waals surface area (Å²) in [4.78, 5) is 14.9. The highest BCUT2D eigenvalue weighted by Crippen LogP contribution is 2.35. The average Bonchev–Trinajstić information content (AvgIpc) is 2.84. The highest BCUT2D eigenvalue weighted by atomic mass is 16.2. The molecule has 3 atom stereocenters. The summed E-state index contributed by atoms with van der Waals surface area (Å²) in [5.41, 5.74) is 3.84. The van der Waals surface area contributed by atoms with Gasteiger partial charge in [0.1, 0.15) is 0 Å². The van der Waals surface area contributed by atoms with Crippen LogP contribution in [0.25, 0.3) is 0 Å². The Bertz CT molecular complexity index is 661. The molecule has 3 heteroatoms. The van der Waals surface area contributed by atoms with E-state index in [2.05, 4.69) is 29.3 Å². The second kappa shape index (κ2) is 5.97. The second-order valence-electron chi connectivity index (χ2n) is 6.94. The van der Waals surface area contributed by atoms with Crippen LogP contribution in [-0.2, 0) is 0 Å². The van der Waals surface area contributed by atoms with Crippen LogP contribution in [0.2, 0.25) is 0 Å². The van der Waals surface area contributed by atoms with Crippen molar-refractivity contribution >= 4 is 5.91 Å². The fraction of sp³-hybridized carbons (Fsp3) is 0.450. The van der Waals surface area contributed by atoms with Gasteiger partial charge in [0.2, 0.25) is 0 Å². The Hall–Kier alpha value is -1.87. The first-order chi connectivity index (χ1) is 11.2. The molecular formula is C20H24N2O. The van der Waals surface area contributed by atoms with Crippen molar-refractivity contribution < 1.29 is 4.79 Å². The summed E-state index contributed by atoms with van der Waals surface area (Å²) in [6.45, 7) is 3.02. The number of likely N-dealkylation sites (tertiary alicyclic amines) is 1. The molecule has 1 aromatic carbocycles. The molecule has 1 fully saturated rings. The molecule has 2 aliphatic heterocycles. The number of benzene rings is 1. The van der Waals surface area contributed by atoms with E-state index < -0.39 is 0 Å². The molecule has 0 spiro atoms. The molecule has 23 heavy (non-hydrogen) atoms. The van der Waals surface area contributed by atoms with Gasteiger partial charge in [-0.05, 0) is 55.9 Å². The van der Waals surface area contributed by atoms with Gasteiger partial charge in [-0.25, -0.2) is 0 Å². The highest BCUT2D eigenvalue weighted by Gasteiger charge is 2.37. The van der Waals surface area contributed by atoms with Crippen molar-refractivity contribution in [1.29, 1.82) is 0 Å². The zero-order chi connectivity index (χ0) is 15.8. The van der Waals surface area contributed by atoms with Crippen LogP contribution in [0.5, 0.6) is 0 Å². The minimum Gasteiger partial charge on any atom is -0.336 e. The molecule has 3 nitrogen and oxygen atoms in total. The number of amides is 1. The van der Waals surface area contributed by atoms with Gasteiger partial charge in [-0.3, -0.25) is 4.79 Å². The van der Waals surface area contributed by atoms with E-state index in [1.807, 2.05) is 30.3 Å². The van der Waals surface area contributed by atoms with Gasteiger partial charge >= 0.3 is 0 Å². The van der Waals surface area contributed by atoms with Crippen molar-refractivity contribution in [3.63, 3.8) is 0 Å². The van der Waals surface area contributed by atoms with E-state index in [-0.39, 0.29) is 11.9 Å². The van der Waals surface area contributed by atoms with E-state index in [0.29, 0.717) is 12.1 Å². The summed E-state index contributed by atoms with van der Waals surface area (Å²) in [5.74, 6) is 0.166. The van der Waals surface area contributed by atoms with E-state index in [1.165, 1.54) is 18.4 Å². The normalized spacial score (nSPS) is 30.0. The maximum atomic E-state index is 12.8. The molecule has 0 saturated carbocycles. The van der Waals surface area contributed by atoms with Gasteiger partial charge in [-0.1, -0.05) is 30.4 Å². The molecule has 1 aliphatic carbocycles. The lowest BCUT2D eigenvalue weighted by Gasteiger charge is -2.28. The van der Waals surface area contributed by atoms with Crippen LogP contribution in [0.4, 0.5) is 0 Å². The number of carbonyl (C=O) groups excluding carboxylic acids is 1. The third kappa shape index (κ3) is 2.63. The zero-order valence-electron chi connectivity index (χ0n) is 13.7. The molecule has 1 N–H and O–H groups in total. The first-order valence-electron chi connectivity index (χ1n) is 8.75. The second-order valence-corrected chi connectivity index (χ2v) is 6.94. The third-order valence-corrected chi connectivity index (χ3v) is 5.48. The van der Waals surface area contributed by atoms with Crippen molar-refractivity contribution in [3.05, 3.63) is 59.2 Å². The van der Waals surface area contributed by atoms with Crippen LogP contribution in [0.15, 0.2) is 53.6 Å². The molecule has 120 valence electrons. The van der Waals surface area contributed by atoms with E-state index in [9.17, 15) is 4.79 Å². The first kappa shape index (κ1) is 14.7. The van der Waals surface area contributed by atoms with E-state index >= 15 is 0 Å². The lowest BCUT2D eigenvalue weighted by atomic mass is 9.91. The van der Waals surface area contributed by atoms with Crippen LogP contribution in [0.3, 0.4) is 0 Å². The van der Waals surface area contributed by atoms with Crippen molar-refractivity contribution in [2.24, 2.45) is 0 Å². The Labute approximate surface area is 138 Å². The predicted molar refractivity (Wildman–Crippen MR) is 92.3 cm³/mol. The lowest BCUT2D eigenvalue weighted by Crippen LogP contribution is -2.39. The van der Waals surface area contributed by atoms with Crippen LogP contribution >= 0.6 is 0 Å². The van der Waals surface area contributed by atoms with Crippen LogP contribution in [0.1, 0.15) is 43.0 Å². The zero-order valence-corrected chi connectivity index (χ0v) is 13.7. The maximum absolute atomic E-state index is 12.8. The quantitative estimate of drug-likeness (QED) is 0.863. The molecule has 3 aliphatic rings. The van der Waals surface area contributed by atoms with Crippen LogP contribution < -0.4 is 5.32 Å². The fourth-order valence-corrected chi connectivity index (χ4v) is 4.28.